The molecule has 0 aliphatic heterocycles. The number of ether oxygens (including phenoxy) is 1. The predicted octanol–water partition coefficient (Wildman–Crippen LogP) is 0.503. The van der Waals surface area contributed by atoms with Crippen LogP contribution in [0.15, 0.2) is 0 Å². The molecule has 1 saturated carbocycles. The summed E-state index contributed by atoms with van der Waals surface area (Å²) >= 11 is 0. The number of methoxy groups -OCH3 is 1. The molecule has 0 spiro atoms. The minimum atomic E-state index is -0.422. The van der Waals surface area contributed by atoms with Gasteiger partial charge in [-0.3, -0.25) is 0 Å². The maximum Gasteiger partial charge on any atom is 0.406 e. The molecule has 70 valence electrons. The monoisotopic (exact) mass is 173 g/mol. The number of aliphatic hydroxyl groups excluding tert-OH is 1. The summed E-state index contributed by atoms with van der Waals surface area (Å²) in [6.45, 7) is 0.522. The van der Waals surface area contributed by atoms with Gasteiger partial charge >= 0.3 is 6.09 Å². The van der Waals surface area contributed by atoms with Crippen molar-refractivity contribution in [3.8, 4) is 0 Å². The van der Waals surface area contributed by atoms with Gasteiger partial charge < -0.3 is 15.2 Å². The van der Waals surface area contributed by atoms with Crippen LogP contribution in [0.2, 0.25) is 0 Å². The largest absolute Gasteiger partial charge is 0.453 e. The highest BCUT2D eigenvalue weighted by Gasteiger charge is 2.25. The Kier molecular flexibility index (Phi) is 3.34. The summed E-state index contributed by atoms with van der Waals surface area (Å²) in [6, 6.07) is 0. The number of hydrogen-bond acceptors (Lipinski definition) is 3. The first-order valence-electron chi connectivity index (χ1n) is 4.24. The van der Waals surface area contributed by atoms with Crippen molar-refractivity contribution in [1.29, 1.82) is 0 Å². The molecule has 1 aliphatic carbocycles. The lowest BCUT2D eigenvalue weighted by atomic mass is 10.1. The SMILES string of the molecule is COC(=O)NCC1CCCC1O. The van der Waals surface area contributed by atoms with E-state index in [0.717, 1.165) is 19.3 Å². The quantitative estimate of drug-likeness (QED) is 0.639. The molecule has 0 bridgehead atoms. The van der Waals surface area contributed by atoms with Crippen molar-refractivity contribution in [3.05, 3.63) is 0 Å². The first kappa shape index (κ1) is 9.32. The average molecular weight is 173 g/mol. The van der Waals surface area contributed by atoms with Gasteiger partial charge in [0.15, 0.2) is 0 Å². The van der Waals surface area contributed by atoms with Crippen LogP contribution in [-0.4, -0.2) is 31.0 Å². The van der Waals surface area contributed by atoms with E-state index in [-0.39, 0.29) is 12.0 Å². The first-order chi connectivity index (χ1) is 5.74. The van der Waals surface area contributed by atoms with Crippen LogP contribution in [0.1, 0.15) is 19.3 Å². The summed E-state index contributed by atoms with van der Waals surface area (Å²) in [5, 5.41) is 12.0. The fraction of sp³-hybridized carbons (Fsp3) is 0.875. The zero-order valence-electron chi connectivity index (χ0n) is 7.25. The van der Waals surface area contributed by atoms with E-state index in [2.05, 4.69) is 10.1 Å². The lowest BCUT2D eigenvalue weighted by Crippen LogP contribution is -2.32. The van der Waals surface area contributed by atoms with Gasteiger partial charge in [0, 0.05) is 12.5 Å². The zero-order chi connectivity index (χ0) is 8.97. The summed E-state index contributed by atoms with van der Waals surface area (Å²) in [5.41, 5.74) is 0. The van der Waals surface area contributed by atoms with E-state index in [9.17, 15) is 9.90 Å². The number of rotatable bonds is 2. The van der Waals surface area contributed by atoms with Crippen molar-refractivity contribution in [2.75, 3.05) is 13.7 Å². The van der Waals surface area contributed by atoms with Crippen molar-refractivity contribution in [2.45, 2.75) is 25.4 Å². The van der Waals surface area contributed by atoms with Gasteiger partial charge in [0.25, 0.3) is 0 Å². The lowest BCUT2D eigenvalue weighted by molar-refractivity contribution is 0.126. The molecule has 0 aromatic heterocycles. The fourth-order valence-corrected chi connectivity index (χ4v) is 1.54. The Morgan fingerprint density at radius 2 is 2.42 bits per heavy atom. The Bertz CT molecular complexity index is 160. The molecule has 0 heterocycles. The van der Waals surface area contributed by atoms with Crippen LogP contribution in [0.5, 0.6) is 0 Å². The van der Waals surface area contributed by atoms with E-state index >= 15 is 0 Å². The maximum absolute atomic E-state index is 10.7. The second-order valence-corrected chi connectivity index (χ2v) is 3.13. The molecule has 1 amide bonds. The molecule has 0 aromatic carbocycles. The second kappa shape index (κ2) is 4.30. The Hall–Kier alpha value is -0.770. The Labute approximate surface area is 71.9 Å². The summed E-state index contributed by atoms with van der Waals surface area (Å²) < 4.78 is 4.41. The van der Waals surface area contributed by atoms with E-state index in [1.165, 1.54) is 7.11 Å². The van der Waals surface area contributed by atoms with Gasteiger partial charge in [0.1, 0.15) is 0 Å². The number of nitrogens with one attached hydrogen (secondary N) is 1. The van der Waals surface area contributed by atoms with Crippen LogP contribution in [0, 0.1) is 5.92 Å². The van der Waals surface area contributed by atoms with Crippen LogP contribution in [-0.2, 0) is 4.74 Å². The van der Waals surface area contributed by atoms with Gasteiger partial charge in [0.05, 0.1) is 13.2 Å². The number of carbonyl (C=O) groups is 1. The average Bonchev–Trinajstić information content (AvgIpc) is 2.47. The van der Waals surface area contributed by atoms with Crippen LogP contribution >= 0.6 is 0 Å². The van der Waals surface area contributed by atoms with Crippen molar-refractivity contribution < 1.29 is 14.6 Å². The van der Waals surface area contributed by atoms with Crippen LogP contribution in [0.25, 0.3) is 0 Å². The molecule has 2 N–H and O–H groups in total. The molecule has 4 nitrogen and oxygen atoms in total. The number of hydrogen-bond donors (Lipinski definition) is 2. The molecule has 0 saturated heterocycles. The van der Waals surface area contributed by atoms with E-state index < -0.39 is 6.09 Å². The summed E-state index contributed by atoms with van der Waals surface area (Å²) in [7, 11) is 1.33. The highest BCUT2D eigenvalue weighted by molar-refractivity contribution is 5.66. The highest BCUT2D eigenvalue weighted by atomic mass is 16.5. The van der Waals surface area contributed by atoms with Crippen molar-refractivity contribution in [3.63, 3.8) is 0 Å². The molecule has 2 atom stereocenters. The zero-order valence-corrected chi connectivity index (χ0v) is 7.25. The molecule has 2 unspecified atom stereocenters. The number of aliphatic hydroxyl groups is 1. The molecular weight excluding hydrogens is 158 g/mol. The van der Waals surface area contributed by atoms with Crippen LogP contribution in [0.3, 0.4) is 0 Å². The van der Waals surface area contributed by atoms with Gasteiger partial charge in [-0.05, 0) is 12.8 Å². The highest BCUT2D eigenvalue weighted by Crippen LogP contribution is 2.24. The van der Waals surface area contributed by atoms with E-state index in [0.29, 0.717) is 6.54 Å². The van der Waals surface area contributed by atoms with Gasteiger partial charge in [-0.2, -0.15) is 0 Å². The van der Waals surface area contributed by atoms with Gasteiger partial charge in [-0.25, -0.2) is 4.79 Å². The summed E-state index contributed by atoms with van der Waals surface area (Å²) in [4.78, 5) is 10.7. The van der Waals surface area contributed by atoms with E-state index in [1.807, 2.05) is 0 Å². The molecule has 0 radical (unpaired) electrons. The smallest absolute Gasteiger partial charge is 0.406 e. The molecule has 1 fully saturated rings. The van der Waals surface area contributed by atoms with E-state index in [4.69, 9.17) is 0 Å². The minimum absolute atomic E-state index is 0.212. The molecule has 12 heavy (non-hydrogen) atoms. The van der Waals surface area contributed by atoms with E-state index in [1.54, 1.807) is 0 Å². The molecular formula is C8H15NO3. The normalized spacial score (nSPS) is 28.5. The Balaban J connectivity index is 2.18. The lowest BCUT2D eigenvalue weighted by Gasteiger charge is -2.13. The van der Waals surface area contributed by atoms with Gasteiger partial charge in [-0.1, -0.05) is 6.42 Å². The third-order valence-electron chi connectivity index (χ3n) is 2.31. The fourth-order valence-electron chi connectivity index (χ4n) is 1.54. The summed E-state index contributed by atoms with van der Waals surface area (Å²) in [5.74, 6) is 0.212. The van der Waals surface area contributed by atoms with Crippen molar-refractivity contribution >= 4 is 6.09 Å². The molecule has 1 aliphatic rings. The molecule has 0 aromatic rings. The molecule has 4 heteroatoms. The van der Waals surface area contributed by atoms with Crippen molar-refractivity contribution in [2.24, 2.45) is 5.92 Å². The van der Waals surface area contributed by atoms with Gasteiger partial charge in [0.2, 0.25) is 0 Å². The maximum atomic E-state index is 10.7. The number of amides is 1. The minimum Gasteiger partial charge on any atom is -0.453 e. The third kappa shape index (κ3) is 2.37. The van der Waals surface area contributed by atoms with Crippen molar-refractivity contribution in [1.82, 2.24) is 5.32 Å². The number of alkyl carbamates (subject to hydrolysis) is 1. The Morgan fingerprint density at radius 1 is 1.67 bits per heavy atom. The summed E-state index contributed by atoms with van der Waals surface area (Å²) in [6.07, 6.45) is 2.23. The second-order valence-electron chi connectivity index (χ2n) is 3.13. The standard InChI is InChI=1S/C8H15NO3/c1-12-8(11)9-5-6-3-2-4-7(6)10/h6-7,10H,2-5H2,1H3,(H,9,11). The predicted molar refractivity (Wildman–Crippen MR) is 43.8 cm³/mol. The van der Waals surface area contributed by atoms with Crippen LogP contribution < -0.4 is 5.32 Å². The van der Waals surface area contributed by atoms with Gasteiger partial charge in [-0.15, -0.1) is 0 Å². The Morgan fingerprint density at radius 3 is 2.92 bits per heavy atom. The topological polar surface area (TPSA) is 58.6 Å². The molecule has 1 rings (SSSR count). The van der Waals surface area contributed by atoms with Crippen LogP contribution in [0.4, 0.5) is 4.79 Å². The first-order valence-corrected chi connectivity index (χ1v) is 4.24. The number of carbonyl (C=O) groups excluding carboxylic acids is 1. The third-order valence-corrected chi connectivity index (χ3v) is 2.31.